The second-order valence-corrected chi connectivity index (χ2v) is 13.3. The molecule has 4 aliphatic rings. The van der Waals surface area contributed by atoms with Gasteiger partial charge >= 0.3 is 6.09 Å². The maximum Gasteiger partial charge on any atom is 0.407 e. The Morgan fingerprint density at radius 2 is 1.74 bits per heavy atom. The number of fused-ring (bicyclic) bond motifs is 2. The van der Waals surface area contributed by atoms with Gasteiger partial charge in [-0.05, 0) is 49.8 Å². The van der Waals surface area contributed by atoms with Gasteiger partial charge in [-0.1, -0.05) is 54.1 Å². The van der Waals surface area contributed by atoms with Crippen LogP contribution < -0.4 is 14.8 Å². The molecular formula is C31H40N2O9S. The smallest absolute Gasteiger partial charge is 0.407 e. The summed E-state index contributed by atoms with van der Waals surface area (Å²) in [5.74, 6) is 0.926. The summed E-state index contributed by atoms with van der Waals surface area (Å²) in [6, 6.07) is 14.0. The molecule has 3 fully saturated rings. The third-order valence-corrected chi connectivity index (χ3v) is 10.1. The van der Waals surface area contributed by atoms with Crippen molar-refractivity contribution in [1.29, 1.82) is 0 Å². The first kappa shape index (κ1) is 30.1. The lowest BCUT2D eigenvalue weighted by Gasteiger charge is -2.30. The van der Waals surface area contributed by atoms with Crippen molar-refractivity contribution >= 4 is 16.1 Å². The van der Waals surface area contributed by atoms with E-state index in [4.69, 9.17) is 28.5 Å². The summed E-state index contributed by atoms with van der Waals surface area (Å²) in [5, 5.41) is 2.99. The monoisotopic (exact) mass is 616 g/mol. The maximum atomic E-state index is 14.0. The van der Waals surface area contributed by atoms with Crippen LogP contribution >= 0.6 is 0 Å². The summed E-state index contributed by atoms with van der Waals surface area (Å²) in [6.45, 7) is 1.68. The number of rotatable bonds is 11. The molecule has 4 atom stereocenters. The fourth-order valence-electron chi connectivity index (χ4n) is 6.14. The quantitative estimate of drug-likeness (QED) is 0.370. The molecule has 0 radical (unpaired) electrons. The normalized spacial score (nSPS) is 24.4. The van der Waals surface area contributed by atoms with E-state index in [0.29, 0.717) is 50.8 Å². The molecule has 12 heteroatoms. The number of carbonyl (C=O) groups is 1. The van der Waals surface area contributed by atoms with E-state index < -0.39 is 22.2 Å². The number of amides is 1. The van der Waals surface area contributed by atoms with Crippen LogP contribution in [-0.2, 0) is 35.5 Å². The van der Waals surface area contributed by atoms with Gasteiger partial charge in [0.05, 0.1) is 30.1 Å². The van der Waals surface area contributed by atoms with Crippen molar-refractivity contribution in [1.82, 2.24) is 9.79 Å². The highest BCUT2D eigenvalue weighted by Crippen LogP contribution is 2.35. The second kappa shape index (κ2) is 13.8. The summed E-state index contributed by atoms with van der Waals surface area (Å²) in [6.07, 6.45) is 4.79. The lowest BCUT2D eigenvalue weighted by molar-refractivity contribution is -0.144. The molecule has 1 aliphatic carbocycles. The molecule has 3 aliphatic heterocycles. The number of hydrogen-bond donors (Lipinski definition) is 1. The zero-order chi connectivity index (χ0) is 29.6. The highest BCUT2D eigenvalue weighted by Gasteiger charge is 2.44. The van der Waals surface area contributed by atoms with Crippen LogP contribution in [0.4, 0.5) is 4.79 Å². The number of ether oxygens (including phenoxy) is 5. The molecule has 43 heavy (non-hydrogen) atoms. The van der Waals surface area contributed by atoms with E-state index >= 15 is 0 Å². The van der Waals surface area contributed by atoms with Crippen LogP contribution in [-0.4, -0.2) is 76.5 Å². The van der Waals surface area contributed by atoms with E-state index in [1.165, 1.54) is 12.1 Å². The van der Waals surface area contributed by atoms with E-state index in [1.54, 1.807) is 6.07 Å². The summed E-state index contributed by atoms with van der Waals surface area (Å²) in [7, 11) is -4.06. The average Bonchev–Trinajstić information content (AvgIpc) is 3.65. The summed E-state index contributed by atoms with van der Waals surface area (Å²) in [4.78, 5) is 19.4. The fourth-order valence-corrected chi connectivity index (χ4v) is 7.45. The Morgan fingerprint density at radius 1 is 0.953 bits per heavy atom. The van der Waals surface area contributed by atoms with Crippen molar-refractivity contribution in [2.45, 2.75) is 80.8 Å². The summed E-state index contributed by atoms with van der Waals surface area (Å²) < 4.78 is 57.3. The van der Waals surface area contributed by atoms with Crippen LogP contribution in [0.25, 0.3) is 0 Å². The van der Waals surface area contributed by atoms with E-state index in [0.717, 1.165) is 48.6 Å². The number of benzene rings is 2. The molecule has 1 amide bonds. The Kier molecular flexibility index (Phi) is 9.68. The van der Waals surface area contributed by atoms with E-state index in [2.05, 4.69) is 5.32 Å². The Morgan fingerprint density at radius 3 is 2.56 bits per heavy atom. The average molecular weight is 617 g/mol. The lowest BCUT2D eigenvalue weighted by Crippen LogP contribution is -2.43. The summed E-state index contributed by atoms with van der Waals surface area (Å²) in [5.41, 5.74) is 1.01. The standard InChI is InChI=1S/C31H40N2O9S/c34-31(41-29-21-40-30-26(29)14-16-39-30)32-23(19-22-7-3-1-4-8-22)13-15-33(42-24-9-5-2-6-10-24)43(35,36)25-11-12-27-28(20-25)38-18-17-37-27/h1,3-4,7-8,11-12,20,23-24,26,29-30H,2,5-6,9-10,13-19,21H2,(H,32,34)/t23-,26+,29+,30-/m1/s1. The van der Waals surface area contributed by atoms with Crippen molar-refractivity contribution in [3.63, 3.8) is 0 Å². The van der Waals surface area contributed by atoms with Crippen LogP contribution in [0, 0.1) is 5.92 Å². The van der Waals surface area contributed by atoms with Gasteiger partial charge in [0.2, 0.25) is 0 Å². The number of sulfonamides is 1. The second-order valence-electron chi connectivity index (χ2n) is 11.5. The topological polar surface area (TPSA) is 122 Å². The maximum absolute atomic E-state index is 14.0. The Hall–Kier alpha value is -2.90. The van der Waals surface area contributed by atoms with E-state index in [-0.39, 0.29) is 35.9 Å². The molecule has 6 rings (SSSR count). The van der Waals surface area contributed by atoms with Crippen LogP contribution in [0.1, 0.15) is 50.5 Å². The molecule has 0 aromatic heterocycles. The molecule has 2 aromatic rings. The van der Waals surface area contributed by atoms with Crippen LogP contribution in [0.3, 0.4) is 0 Å². The first-order valence-electron chi connectivity index (χ1n) is 15.3. The minimum Gasteiger partial charge on any atom is -0.486 e. The van der Waals surface area contributed by atoms with Gasteiger partial charge in [0.15, 0.2) is 17.8 Å². The molecular weight excluding hydrogens is 576 g/mol. The van der Waals surface area contributed by atoms with Crippen molar-refractivity contribution in [2.24, 2.45) is 5.92 Å². The Balaban J connectivity index is 1.18. The van der Waals surface area contributed by atoms with Gasteiger partial charge in [-0.25, -0.2) is 13.2 Å². The molecule has 1 N–H and O–H groups in total. The molecule has 0 unspecified atom stereocenters. The minimum absolute atomic E-state index is 0.0221. The first-order valence-corrected chi connectivity index (χ1v) is 16.7. The number of carbonyl (C=O) groups excluding carboxylic acids is 1. The van der Waals surface area contributed by atoms with Crippen molar-refractivity contribution in [3.8, 4) is 11.5 Å². The molecule has 3 heterocycles. The third-order valence-electron chi connectivity index (χ3n) is 8.45. The van der Waals surface area contributed by atoms with Crippen LogP contribution in [0.15, 0.2) is 53.4 Å². The van der Waals surface area contributed by atoms with Gasteiger partial charge in [0.25, 0.3) is 10.0 Å². The van der Waals surface area contributed by atoms with Gasteiger partial charge in [-0.15, -0.1) is 0 Å². The molecule has 234 valence electrons. The Labute approximate surface area is 252 Å². The van der Waals surface area contributed by atoms with Crippen molar-refractivity contribution in [2.75, 3.05) is 33.0 Å². The molecule has 0 spiro atoms. The molecule has 0 bridgehead atoms. The number of hydroxylamine groups is 1. The minimum atomic E-state index is -4.06. The molecule has 11 nitrogen and oxygen atoms in total. The summed E-state index contributed by atoms with van der Waals surface area (Å²) >= 11 is 0. The predicted octanol–water partition coefficient (Wildman–Crippen LogP) is 4.20. The van der Waals surface area contributed by atoms with E-state index in [9.17, 15) is 13.2 Å². The van der Waals surface area contributed by atoms with Gasteiger partial charge in [-0.3, -0.25) is 4.84 Å². The SMILES string of the molecule is O=C(N[C@H](CCN(OC1CCCCC1)S(=O)(=O)c1ccc2c(c1)OCCO2)Cc1ccccc1)O[C@H]1CO[C@H]2OCC[C@H]21. The van der Waals surface area contributed by atoms with Crippen LogP contribution in [0.2, 0.25) is 0 Å². The molecule has 2 aromatic carbocycles. The van der Waals surface area contributed by atoms with Crippen molar-refractivity contribution < 1.29 is 41.7 Å². The highest BCUT2D eigenvalue weighted by molar-refractivity contribution is 7.89. The number of nitrogens with one attached hydrogen (secondary N) is 1. The Bertz CT molecular complexity index is 1340. The van der Waals surface area contributed by atoms with E-state index in [1.807, 2.05) is 30.3 Å². The van der Waals surface area contributed by atoms with Crippen molar-refractivity contribution in [3.05, 3.63) is 54.1 Å². The van der Waals surface area contributed by atoms with Gasteiger partial charge < -0.3 is 29.0 Å². The number of nitrogens with zero attached hydrogens (tertiary/aromatic N) is 1. The number of alkyl carbamates (subject to hydrolysis) is 1. The zero-order valence-electron chi connectivity index (χ0n) is 24.2. The first-order chi connectivity index (χ1) is 21.0. The molecule has 1 saturated carbocycles. The van der Waals surface area contributed by atoms with Gasteiger partial charge in [0.1, 0.15) is 19.3 Å². The van der Waals surface area contributed by atoms with Gasteiger partial charge in [0, 0.05) is 18.7 Å². The lowest BCUT2D eigenvalue weighted by atomic mass is 9.98. The number of hydrogen-bond acceptors (Lipinski definition) is 9. The predicted molar refractivity (Wildman–Crippen MR) is 155 cm³/mol. The fraction of sp³-hybridized carbons (Fsp3) is 0.581. The van der Waals surface area contributed by atoms with Crippen LogP contribution in [0.5, 0.6) is 11.5 Å². The van der Waals surface area contributed by atoms with Gasteiger partial charge in [-0.2, -0.15) is 0 Å². The zero-order valence-corrected chi connectivity index (χ0v) is 25.0. The third kappa shape index (κ3) is 7.43. The largest absolute Gasteiger partial charge is 0.486 e. The molecule has 2 saturated heterocycles. The highest BCUT2D eigenvalue weighted by atomic mass is 32.2.